The van der Waals surface area contributed by atoms with Crippen molar-refractivity contribution in [2.24, 2.45) is 5.92 Å². The van der Waals surface area contributed by atoms with Crippen LogP contribution in [-0.4, -0.2) is 6.18 Å². The summed E-state index contributed by atoms with van der Waals surface area (Å²) in [7, 11) is 0. The molecule has 176 valence electrons. The van der Waals surface area contributed by atoms with E-state index in [4.69, 9.17) is 0 Å². The fourth-order valence-corrected chi connectivity index (χ4v) is 5.11. The third-order valence-corrected chi connectivity index (χ3v) is 7.16. The van der Waals surface area contributed by atoms with Crippen molar-refractivity contribution in [3.05, 3.63) is 59.7 Å². The van der Waals surface area contributed by atoms with E-state index in [2.05, 4.69) is 55.5 Å². The van der Waals surface area contributed by atoms with Crippen molar-refractivity contribution in [2.75, 3.05) is 0 Å². The number of benzene rings is 2. The first kappa shape index (κ1) is 24.9. The Labute approximate surface area is 192 Å². The molecule has 0 atom stereocenters. The number of rotatable bonds is 11. The Balaban J connectivity index is 1.44. The van der Waals surface area contributed by atoms with Crippen molar-refractivity contribution in [3.63, 3.8) is 0 Å². The lowest BCUT2D eigenvalue weighted by Gasteiger charge is -2.29. The van der Waals surface area contributed by atoms with Gasteiger partial charge in [-0.25, -0.2) is 0 Å². The van der Waals surface area contributed by atoms with Gasteiger partial charge in [0.05, 0.1) is 0 Å². The Kier molecular flexibility index (Phi) is 9.69. The van der Waals surface area contributed by atoms with Gasteiger partial charge in [-0.15, -0.1) is 0 Å². The molecule has 1 fully saturated rings. The lowest BCUT2D eigenvalue weighted by atomic mass is 9.77. The van der Waals surface area contributed by atoms with Crippen molar-refractivity contribution in [2.45, 2.75) is 102 Å². The highest BCUT2D eigenvalue weighted by atomic mass is 19.4. The van der Waals surface area contributed by atoms with Crippen LogP contribution in [0.5, 0.6) is 0 Å². The summed E-state index contributed by atoms with van der Waals surface area (Å²) in [5, 5.41) is 0. The Bertz CT molecular complexity index is 766. The Morgan fingerprint density at radius 2 is 1.34 bits per heavy atom. The van der Waals surface area contributed by atoms with Gasteiger partial charge in [0.2, 0.25) is 0 Å². The van der Waals surface area contributed by atoms with Gasteiger partial charge in [-0.3, -0.25) is 0 Å². The second-order valence-corrected chi connectivity index (χ2v) is 9.71. The molecule has 0 radical (unpaired) electrons. The van der Waals surface area contributed by atoms with Gasteiger partial charge < -0.3 is 0 Å². The van der Waals surface area contributed by atoms with Crippen LogP contribution in [-0.2, 0) is 6.42 Å². The van der Waals surface area contributed by atoms with Crippen LogP contribution in [0.3, 0.4) is 0 Å². The zero-order chi connectivity index (χ0) is 22.8. The summed E-state index contributed by atoms with van der Waals surface area (Å²) in [6.45, 7) is 2.28. The topological polar surface area (TPSA) is 0 Å². The van der Waals surface area contributed by atoms with E-state index >= 15 is 0 Å². The smallest absolute Gasteiger partial charge is 0.171 e. The normalized spacial score (nSPS) is 19.2. The molecule has 3 rings (SSSR count). The molecule has 0 heterocycles. The summed E-state index contributed by atoms with van der Waals surface area (Å²) in [4.78, 5) is 0. The minimum atomic E-state index is -4.04. The standard InChI is InChI=1S/C29H39F3/c1-2-3-4-5-8-23-10-14-25(15-11-23)27-18-20-28(21-19-27)26-16-12-24(13-17-26)9-6-7-22-29(30,31)32/h12-13,16-21,23,25H,2-11,14-15,22H2,1H3/t23-,25-. The Morgan fingerprint density at radius 3 is 1.94 bits per heavy atom. The van der Waals surface area contributed by atoms with E-state index in [9.17, 15) is 13.2 Å². The number of hydrogen-bond donors (Lipinski definition) is 0. The molecule has 3 heteroatoms. The van der Waals surface area contributed by atoms with E-state index in [1.54, 1.807) is 0 Å². The lowest BCUT2D eigenvalue weighted by Crippen LogP contribution is -2.13. The van der Waals surface area contributed by atoms with Crippen molar-refractivity contribution >= 4 is 0 Å². The maximum atomic E-state index is 12.3. The predicted octanol–water partition coefficient (Wildman–Crippen LogP) is 9.87. The molecule has 0 aromatic heterocycles. The second kappa shape index (κ2) is 12.5. The number of alkyl halides is 3. The molecule has 0 unspecified atom stereocenters. The average Bonchev–Trinajstić information content (AvgIpc) is 2.80. The first-order valence-electron chi connectivity index (χ1n) is 12.7. The molecule has 0 amide bonds. The fraction of sp³-hybridized carbons (Fsp3) is 0.586. The largest absolute Gasteiger partial charge is 0.389 e. The number of unbranched alkanes of at least 4 members (excludes halogenated alkanes) is 4. The number of hydrogen-bond acceptors (Lipinski definition) is 0. The van der Waals surface area contributed by atoms with Crippen LogP contribution in [0.2, 0.25) is 0 Å². The maximum absolute atomic E-state index is 12.3. The summed E-state index contributed by atoms with van der Waals surface area (Å²) < 4.78 is 36.8. The zero-order valence-electron chi connectivity index (χ0n) is 19.6. The van der Waals surface area contributed by atoms with E-state index in [-0.39, 0.29) is 6.42 Å². The molecule has 0 nitrogen and oxygen atoms in total. The van der Waals surface area contributed by atoms with E-state index in [0.717, 1.165) is 11.5 Å². The molecule has 2 aromatic rings. The van der Waals surface area contributed by atoms with Crippen molar-refractivity contribution in [3.8, 4) is 11.1 Å². The summed E-state index contributed by atoms with van der Waals surface area (Å²) in [6.07, 6.45) is 9.09. The Hall–Kier alpha value is -1.77. The minimum Gasteiger partial charge on any atom is -0.171 e. The van der Waals surface area contributed by atoms with Gasteiger partial charge in [0, 0.05) is 6.42 Å². The van der Waals surface area contributed by atoms with Crippen LogP contribution in [0, 0.1) is 5.92 Å². The van der Waals surface area contributed by atoms with Crippen LogP contribution < -0.4 is 0 Å². The Morgan fingerprint density at radius 1 is 0.719 bits per heavy atom. The molecule has 2 aromatic carbocycles. The number of aryl methyl sites for hydroxylation is 1. The molecule has 0 saturated heterocycles. The number of halogens is 3. The van der Waals surface area contributed by atoms with Crippen molar-refractivity contribution in [1.29, 1.82) is 0 Å². The van der Waals surface area contributed by atoms with E-state index in [1.807, 2.05) is 0 Å². The lowest BCUT2D eigenvalue weighted by molar-refractivity contribution is -0.135. The average molecular weight is 445 g/mol. The van der Waals surface area contributed by atoms with Crippen LogP contribution in [0.4, 0.5) is 13.2 Å². The van der Waals surface area contributed by atoms with Gasteiger partial charge in [0.25, 0.3) is 0 Å². The van der Waals surface area contributed by atoms with E-state index in [0.29, 0.717) is 18.8 Å². The van der Waals surface area contributed by atoms with Gasteiger partial charge in [-0.2, -0.15) is 13.2 Å². The molecule has 0 bridgehead atoms. The van der Waals surface area contributed by atoms with Gasteiger partial charge >= 0.3 is 6.18 Å². The first-order chi connectivity index (χ1) is 15.4. The molecule has 1 saturated carbocycles. The van der Waals surface area contributed by atoms with Gasteiger partial charge in [-0.1, -0.05) is 87.6 Å². The van der Waals surface area contributed by atoms with Gasteiger partial charge in [0.15, 0.2) is 0 Å². The third kappa shape index (κ3) is 8.30. The highest BCUT2D eigenvalue weighted by Gasteiger charge is 2.25. The summed E-state index contributed by atoms with van der Waals surface area (Å²) in [6, 6.07) is 17.3. The highest BCUT2D eigenvalue weighted by Crippen LogP contribution is 2.38. The second-order valence-electron chi connectivity index (χ2n) is 9.71. The van der Waals surface area contributed by atoms with Crippen LogP contribution in [0.1, 0.15) is 101 Å². The molecular formula is C29H39F3. The first-order valence-corrected chi connectivity index (χ1v) is 12.7. The molecular weight excluding hydrogens is 405 g/mol. The SMILES string of the molecule is CCCCCC[C@H]1CC[C@H](c2ccc(-c3ccc(CCCCC(F)(F)F)cc3)cc2)CC1. The molecule has 1 aliphatic rings. The fourth-order valence-electron chi connectivity index (χ4n) is 5.11. The quantitative estimate of drug-likeness (QED) is 0.302. The zero-order valence-corrected chi connectivity index (χ0v) is 19.6. The molecule has 0 aliphatic heterocycles. The van der Waals surface area contributed by atoms with E-state index in [1.165, 1.54) is 74.5 Å². The van der Waals surface area contributed by atoms with Gasteiger partial charge in [-0.05, 0) is 79.0 Å². The highest BCUT2D eigenvalue weighted by molar-refractivity contribution is 5.64. The van der Waals surface area contributed by atoms with Crippen LogP contribution in [0.25, 0.3) is 11.1 Å². The summed E-state index contributed by atoms with van der Waals surface area (Å²) >= 11 is 0. The molecule has 0 spiro atoms. The summed E-state index contributed by atoms with van der Waals surface area (Å²) in [5.74, 6) is 1.64. The van der Waals surface area contributed by atoms with Crippen molar-refractivity contribution in [1.82, 2.24) is 0 Å². The van der Waals surface area contributed by atoms with Crippen molar-refractivity contribution < 1.29 is 13.2 Å². The molecule has 32 heavy (non-hydrogen) atoms. The predicted molar refractivity (Wildman–Crippen MR) is 129 cm³/mol. The van der Waals surface area contributed by atoms with Gasteiger partial charge in [0.1, 0.15) is 0 Å². The monoisotopic (exact) mass is 444 g/mol. The molecule has 0 N–H and O–H groups in total. The minimum absolute atomic E-state index is 0.202. The van der Waals surface area contributed by atoms with Crippen LogP contribution >= 0.6 is 0 Å². The molecule has 1 aliphatic carbocycles. The maximum Gasteiger partial charge on any atom is 0.389 e. The summed E-state index contributed by atoms with van der Waals surface area (Å²) in [5.41, 5.74) is 4.96. The van der Waals surface area contributed by atoms with Crippen LogP contribution in [0.15, 0.2) is 48.5 Å². The third-order valence-electron chi connectivity index (χ3n) is 7.16. The van der Waals surface area contributed by atoms with E-state index < -0.39 is 12.6 Å².